The Morgan fingerprint density at radius 1 is 1.31 bits per heavy atom. The van der Waals surface area contributed by atoms with E-state index in [-0.39, 0.29) is 0 Å². The Bertz CT molecular complexity index is 347. The fourth-order valence-electron chi connectivity index (χ4n) is 1.77. The van der Waals surface area contributed by atoms with Gasteiger partial charge >= 0.3 is 6.09 Å². The second-order valence-corrected chi connectivity index (χ2v) is 3.27. The standard InChI is InChI=1S/C10H11NO2/c12-10(13)11-9-5-4-7-2-1-3-8(7)6-9/h4-6,11H,1-3H2,(H,12,13). The van der Waals surface area contributed by atoms with Gasteiger partial charge in [0.2, 0.25) is 0 Å². The average Bonchev–Trinajstić information content (AvgIpc) is 2.49. The van der Waals surface area contributed by atoms with Crippen LogP contribution in [0.2, 0.25) is 0 Å². The zero-order valence-corrected chi connectivity index (χ0v) is 7.21. The summed E-state index contributed by atoms with van der Waals surface area (Å²) in [5, 5.41) is 10.9. The molecule has 13 heavy (non-hydrogen) atoms. The summed E-state index contributed by atoms with van der Waals surface area (Å²) in [4.78, 5) is 10.4. The van der Waals surface area contributed by atoms with E-state index in [4.69, 9.17) is 5.11 Å². The van der Waals surface area contributed by atoms with Gasteiger partial charge in [0.1, 0.15) is 0 Å². The van der Waals surface area contributed by atoms with Gasteiger partial charge in [0.05, 0.1) is 0 Å². The third-order valence-electron chi connectivity index (χ3n) is 2.35. The van der Waals surface area contributed by atoms with Crippen molar-refractivity contribution >= 4 is 11.8 Å². The molecule has 0 spiro atoms. The molecule has 1 aliphatic carbocycles. The lowest BCUT2D eigenvalue weighted by Gasteiger charge is -2.03. The van der Waals surface area contributed by atoms with Gasteiger partial charge in [0.15, 0.2) is 0 Å². The van der Waals surface area contributed by atoms with Crippen molar-refractivity contribution < 1.29 is 9.90 Å². The monoisotopic (exact) mass is 177 g/mol. The lowest BCUT2D eigenvalue weighted by atomic mass is 10.1. The van der Waals surface area contributed by atoms with Crippen molar-refractivity contribution in [3.05, 3.63) is 29.3 Å². The smallest absolute Gasteiger partial charge is 0.409 e. The lowest BCUT2D eigenvalue weighted by molar-refractivity contribution is 0.210. The van der Waals surface area contributed by atoms with Crippen LogP contribution in [0.5, 0.6) is 0 Å². The fourth-order valence-corrected chi connectivity index (χ4v) is 1.77. The first-order chi connectivity index (χ1) is 6.25. The molecule has 0 atom stereocenters. The summed E-state index contributed by atoms with van der Waals surface area (Å²) in [7, 11) is 0. The van der Waals surface area contributed by atoms with Crippen LogP contribution < -0.4 is 5.32 Å². The van der Waals surface area contributed by atoms with Crippen molar-refractivity contribution in [1.29, 1.82) is 0 Å². The number of aryl methyl sites for hydroxylation is 2. The number of carboxylic acid groups (broad SMARTS) is 1. The summed E-state index contributed by atoms with van der Waals surface area (Å²) in [6.45, 7) is 0. The van der Waals surface area contributed by atoms with Gasteiger partial charge in [-0.15, -0.1) is 0 Å². The molecule has 2 N–H and O–H groups in total. The van der Waals surface area contributed by atoms with Crippen molar-refractivity contribution in [1.82, 2.24) is 0 Å². The second kappa shape index (κ2) is 3.09. The van der Waals surface area contributed by atoms with Crippen LogP contribution in [0.4, 0.5) is 10.5 Å². The highest BCUT2D eigenvalue weighted by atomic mass is 16.4. The Hall–Kier alpha value is -1.51. The van der Waals surface area contributed by atoms with Crippen molar-refractivity contribution in [2.75, 3.05) is 5.32 Å². The molecule has 68 valence electrons. The molecule has 0 radical (unpaired) electrons. The average molecular weight is 177 g/mol. The normalized spacial score (nSPS) is 13.8. The molecule has 2 rings (SSSR count). The number of hydrogen-bond donors (Lipinski definition) is 2. The first-order valence-corrected chi connectivity index (χ1v) is 4.37. The summed E-state index contributed by atoms with van der Waals surface area (Å²) < 4.78 is 0. The maximum atomic E-state index is 10.4. The summed E-state index contributed by atoms with van der Waals surface area (Å²) in [5.74, 6) is 0. The number of carbonyl (C=O) groups is 1. The maximum Gasteiger partial charge on any atom is 0.409 e. The first kappa shape index (κ1) is 8.10. The van der Waals surface area contributed by atoms with E-state index in [1.165, 1.54) is 17.5 Å². The van der Waals surface area contributed by atoms with Gasteiger partial charge in [-0.25, -0.2) is 4.79 Å². The number of rotatable bonds is 1. The Kier molecular flexibility index (Phi) is 1.93. The molecule has 0 heterocycles. The largest absolute Gasteiger partial charge is 0.465 e. The number of amides is 1. The topological polar surface area (TPSA) is 49.3 Å². The van der Waals surface area contributed by atoms with Crippen LogP contribution in [0, 0.1) is 0 Å². The van der Waals surface area contributed by atoms with E-state index in [0.717, 1.165) is 12.8 Å². The van der Waals surface area contributed by atoms with Gasteiger partial charge in [-0.05, 0) is 42.5 Å². The van der Waals surface area contributed by atoms with Crippen LogP contribution >= 0.6 is 0 Å². The predicted molar refractivity (Wildman–Crippen MR) is 50.1 cm³/mol. The van der Waals surface area contributed by atoms with Gasteiger partial charge in [-0.1, -0.05) is 6.07 Å². The van der Waals surface area contributed by atoms with Gasteiger partial charge in [-0.3, -0.25) is 5.32 Å². The van der Waals surface area contributed by atoms with E-state index in [1.807, 2.05) is 18.2 Å². The quantitative estimate of drug-likeness (QED) is 0.691. The van der Waals surface area contributed by atoms with Crippen molar-refractivity contribution in [3.63, 3.8) is 0 Å². The molecule has 0 aromatic heterocycles. The van der Waals surface area contributed by atoms with E-state index < -0.39 is 6.09 Å². The van der Waals surface area contributed by atoms with Gasteiger partial charge in [-0.2, -0.15) is 0 Å². The van der Waals surface area contributed by atoms with Crippen molar-refractivity contribution in [3.8, 4) is 0 Å². The molecule has 3 nitrogen and oxygen atoms in total. The van der Waals surface area contributed by atoms with Crippen molar-refractivity contribution in [2.24, 2.45) is 0 Å². The molecule has 0 saturated heterocycles. The molecule has 1 aliphatic rings. The van der Waals surface area contributed by atoms with Crippen LogP contribution in [0.25, 0.3) is 0 Å². The summed E-state index contributed by atoms with van der Waals surface area (Å²) in [5.41, 5.74) is 3.32. The minimum absolute atomic E-state index is 0.674. The zero-order chi connectivity index (χ0) is 9.26. The number of anilines is 1. The highest BCUT2D eigenvalue weighted by Gasteiger charge is 2.10. The Morgan fingerprint density at radius 3 is 2.85 bits per heavy atom. The molecule has 0 fully saturated rings. The van der Waals surface area contributed by atoms with Gasteiger partial charge in [0, 0.05) is 5.69 Å². The molecule has 1 aromatic rings. The first-order valence-electron chi connectivity index (χ1n) is 4.37. The summed E-state index contributed by atoms with van der Waals surface area (Å²) in [6.07, 6.45) is 2.39. The third kappa shape index (κ3) is 1.64. The highest BCUT2D eigenvalue weighted by Crippen LogP contribution is 2.24. The van der Waals surface area contributed by atoms with E-state index >= 15 is 0 Å². The molecule has 3 heteroatoms. The molecule has 0 bridgehead atoms. The molecule has 1 amide bonds. The molecule has 0 saturated carbocycles. The third-order valence-corrected chi connectivity index (χ3v) is 2.35. The lowest BCUT2D eigenvalue weighted by Crippen LogP contribution is -2.07. The van der Waals surface area contributed by atoms with E-state index in [2.05, 4.69) is 5.32 Å². The Labute approximate surface area is 76.4 Å². The summed E-state index contributed by atoms with van der Waals surface area (Å²) in [6, 6.07) is 5.75. The van der Waals surface area contributed by atoms with Crippen LogP contribution in [0.3, 0.4) is 0 Å². The fraction of sp³-hybridized carbons (Fsp3) is 0.300. The SMILES string of the molecule is O=C(O)Nc1ccc2c(c1)CCC2. The predicted octanol–water partition coefficient (Wildman–Crippen LogP) is 2.27. The molecule has 0 unspecified atom stereocenters. The van der Waals surface area contributed by atoms with Crippen LogP contribution in [0.1, 0.15) is 17.5 Å². The summed E-state index contributed by atoms with van der Waals surface area (Å²) >= 11 is 0. The number of fused-ring (bicyclic) bond motifs is 1. The molecule has 1 aromatic carbocycles. The molecule has 0 aliphatic heterocycles. The number of nitrogens with one attached hydrogen (secondary N) is 1. The molecular weight excluding hydrogens is 166 g/mol. The Balaban J connectivity index is 2.25. The van der Waals surface area contributed by atoms with Crippen molar-refractivity contribution in [2.45, 2.75) is 19.3 Å². The highest BCUT2D eigenvalue weighted by molar-refractivity contribution is 5.83. The Morgan fingerprint density at radius 2 is 2.08 bits per heavy atom. The minimum atomic E-state index is -1.00. The second-order valence-electron chi connectivity index (χ2n) is 3.27. The van der Waals surface area contributed by atoms with Gasteiger partial charge < -0.3 is 5.11 Å². The van der Waals surface area contributed by atoms with E-state index in [0.29, 0.717) is 5.69 Å². The van der Waals surface area contributed by atoms with Crippen LogP contribution in [0.15, 0.2) is 18.2 Å². The van der Waals surface area contributed by atoms with Crippen LogP contribution in [-0.4, -0.2) is 11.2 Å². The maximum absolute atomic E-state index is 10.4. The minimum Gasteiger partial charge on any atom is -0.465 e. The molecular formula is C10H11NO2. The van der Waals surface area contributed by atoms with E-state index in [9.17, 15) is 4.79 Å². The van der Waals surface area contributed by atoms with Crippen LogP contribution in [-0.2, 0) is 12.8 Å². The number of hydrogen-bond acceptors (Lipinski definition) is 1. The zero-order valence-electron chi connectivity index (χ0n) is 7.21. The van der Waals surface area contributed by atoms with Gasteiger partial charge in [0.25, 0.3) is 0 Å². The number of benzene rings is 1. The van der Waals surface area contributed by atoms with E-state index in [1.54, 1.807) is 0 Å².